The lowest BCUT2D eigenvalue weighted by atomic mass is 10.2. The maximum absolute atomic E-state index is 12.6. The number of aryl methyl sites for hydroxylation is 1. The maximum atomic E-state index is 12.6. The summed E-state index contributed by atoms with van der Waals surface area (Å²) in [7, 11) is -2.53. The monoisotopic (exact) mass is 493 g/mol. The summed E-state index contributed by atoms with van der Waals surface area (Å²) in [6.45, 7) is 1.85. The van der Waals surface area contributed by atoms with Crippen molar-refractivity contribution in [1.29, 1.82) is 0 Å². The number of likely N-dealkylation sites (N-methyl/N-ethyl adjacent to an activating group) is 1. The smallest absolute Gasteiger partial charge is 0.262 e. The number of benzene rings is 3. The number of nitrogens with zero attached hydrogens (tertiary/aromatic N) is 1. The first-order valence-corrected chi connectivity index (χ1v) is 12.2. The molecule has 0 radical (unpaired) electrons. The lowest BCUT2D eigenvalue weighted by Gasteiger charge is -2.17. The summed E-state index contributed by atoms with van der Waals surface area (Å²) in [5.74, 6) is -0.538. The Morgan fingerprint density at radius 1 is 0.914 bits per heavy atom. The zero-order chi connectivity index (χ0) is 25.3. The second-order valence-corrected chi connectivity index (χ2v) is 9.83. The van der Waals surface area contributed by atoms with E-state index in [1.807, 2.05) is 37.3 Å². The van der Waals surface area contributed by atoms with Gasteiger partial charge in [0.2, 0.25) is 10.0 Å². The van der Waals surface area contributed by atoms with Gasteiger partial charge in [0.05, 0.1) is 11.4 Å². The summed E-state index contributed by atoms with van der Waals surface area (Å²) in [6.07, 6.45) is 2.84. The summed E-state index contributed by atoms with van der Waals surface area (Å²) in [6, 6.07) is 23.3. The zero-order valence-corrected chi connectivity index (χ0v) is 20.3. The summed E-state index contributed by atoms with van der Waals surface area (Å²) in [5, 5.41) is 0. The molecule has 0 atom stereocenters. The molecule has 9 heteroatoms. The van der Waals surface area contributed by atoms with Gasteiger partial charge < -0.3 is 4.74 Å². The predicted molar refractivity (Wildman–Crippen MR) is 134 cm³/mol. The molecule has 0 aliphatic carbocycles. The molecule has 8 nitrogen and oxygen atoms in total. The Bertz CT molecular complexity index is 1270. The van der Waals surface area contributed by atoms with Crippen LogP contribution < -0.4 is 15.6 Å². The average molecular weight is 494 g/mol. The van der Waals surface area contributed by atoms with Crippen LogP contribution in [0.5, 0.6) is 5.75 Å². The van der Waals surface area contributed by atoms with Gasteiger partial charge in [0.25, 0.3) is 11.8 Å². The first-order valence-electron chi connectivity index (χ1n) is 10.8. The number of sulfonamides is 1. The van der Waals surface area contributed by atoms with Crippen LogP contribution in [0.3, 0.4) is 0 Å². The number of ether oxygens (including phenoxy) is 1. The molecule has 3 rings (SSSR count). The molecule has 0 saturated carbocycles. The van der Waals surface area contributed by atoms with Gasteiger partial charge in [-0.2, -0.15) is 4.31 Å². The van der Waals surface area contributed by atoms with Crippen molar-refractivity contribution in [2.45, 2.75) is 18.4 Å². The highest BCUT2D eigenvalue weighted by atomic mass is 32.2. The molecule has 0 aliphatic heterocycles. The van der Waals surface area contributed by atoms with Gasteiger partial charge in [-0.05, 0) is 48.4 Å². The quantitative estimate of drug-likeness (QED) is 0.352. The molecule has 2 N–H and O–H groups in total. The van der Waals surface area contributed by atoms with Gasteiger partial charge in [-0.1, -0.05) is 60.2 Å². The van der Waals surface area contributed by atoms with Crippen LogP contribution in [0.15, 0.2) is 89.8 Å². The van der Waals surface area contributed by atoms with E-state index in [9.17, 15) is 18.0 Å². The fraction of sp³-hybridized carbons (Fsp3) is 0.154. The highest BCUT2D eigenvalue weighted by Crippen LogP contribution is 2.16. The molecule has 0 fully saturated rings. The minimum atomic E-state index is -3.82. The fourth-order valence-electron chi connectivity index (χ4n) is 2.98. The summed E-state index contributed by atoms with van der Waals surface area (Å²) in [4.78, 5) is 24.2. The minimum Gasteiger partial charge on any atom is -0.489 e. The number of rotatable bonds is 9. The molecule has 3 aromatic rings. The number of amides is 2. The number of carbonyl (C=O) groups excluding carboxylic acids is 2. The molecule has 0 spiro atoms. The second-order valence-electron chi connectivity index (χ2n) is 7.79. The second kappa shape index (κ2) is 12.0. The lowest BCUT2D eigenvalue weighted by molar-refractivity contribution is -0.126. The van der Waals surface area contributed by atoms with Crippen molar-refractivity contribution < 1.29 is 22.7 Å². The van der Waals surface area contributed by atoms with E-state index in [0.29, 0.717) is 12.4 Å². The topological polar surface area (TPSA) is 105 Å². The van der Waals surface area contributed by atoms with Crippen LogP contribution in [0.1, 0.15) is 16.7 Å². The third-order valence-electron chi connectivity index (χ3n) is 4.98. The third-order valence-corrected chi connectivity index (χ3v) is 6.79. The summed E-state index contributed by atoms with van der Waals surface area (Å²) < 4.78 is 31.7. The van der Waals surface area contributed by atoms with E-state index in [1.165, 1.54) is 25.3 Å². The molecule has 0 aliphatic rings. The zero-order valence-electron chi connectivity index (χ0n) is 19.5. The molecule has 3 aromatic carbocycles. The van der Waals surface area contributed by atoms with Crippen LogP contribution in [-0.2, 0) is 26.2 Å². The molecule has 0 unspecified atom stereocenters. The minimum absolute atomic E-state index is 0.0850. The van der Waals surface area contributed by atoms with Gasteiger partial charge in [-0.25, -0.2) is 8.42 Å². The number of carbonyl (C=O) groups is 2. The molecule has 35 heavy (non-hydrogen) atoms. The van der Waals surface area contributed by atoms with Crippen LogP contribution >= 0.6 is 0 Å². The Labute approximate surface area is 205 Å². The summed E-state index contributed by atoms with van der Waals surface area (Å²) >= 11 is 0. The van der Waals surface area contributed by atoms with E-state index in [2.05, 4.69) is 10.9 Å². The van der Waals surface area contributed by atoms with Crippen LogP contribution in [0.2, 0.25) is 0 Å². The predicted octanol–water partition coefficient (Wildman–Crippen LogP) is 3.06. The van der Waals surface area contributed by atoms with Crippen molar-refractivity contribution in [2.75, 3.05) is 13.6 Å². The molecule has 0 aromatic heterocycles. The molecule has 182 valence electrons. The number of hydrazine groups is 1. The SMILES string of the molecule is Cc1ccc(S(=O)(=O)N(C)CC(=O)NNC(=O)/C=C/c2ccc(OCc3ccccc3)cc2)cc1. The average Bonchev–Trinajstić information content (AvgIpc) is 2.86. The molecule has 2 amide bonds. The van der Waals surface area contributed by atoms with E-state index in [0.717, 1.165) is 21.0 Å². The van der Waals surface area contributed by atoms with E-state index in [1.54, 1.807) is 42.5 Å². The maximum Gasteiger partial charge on any atom is 0.262 e. The van der Waals surface area contributed by atoms with Crippen LogP contribution in [0.4, 0.5) is 0 Å². The molecule has 0 saturated heterocycles. The lowest BCUT2D eigenvalue weighted by Crippen LogP contribution is -2.46. The Balaban J connectivity index is 1.44. The molecule has 0 bridgehead atoms. The first kappa shape index (κ1) is 25.7. The van der Waals surface area contributed by atoms with Crippen molar-refractivity contribution in [3.05, 3.63) is 102 Å². The Morgan fingerprint density at radius 3 is 2.23 bits per heavy atom. The van der Waals surface area contributed by atoms with Gasteiger partial charge in [-0.3, -0.25) is 20.4 Å². The fourth-order valence-corrected chi connectivity index (χ4v) is 4.11. The van der Waals surface area contributed by atoms with Crippen LogP contribution in [-0.4, -0.2) is 38.1 Å². The summed E-state index contributed by atoms with van der Waals surface area (Å²) in [5.41, 5.74) is 7.20. The number of hydrogen-bond acceptors (Lipinski definition) is 5. The van der Waals surface area contributed by atoms with Crippen molar-refractivity contribution in [3.63, 3.8) is 0 Å². The molecule has 0 heterocycles. The van der Waals surface area contributed by atoms with Crippen LogP contribution in [0, 0.1) is 6.92 Å². The Hall–Kier alpha value is -3.95. The Morgan fingerprint density at radius 2 is 1.57 bits per heavy atom. The molecular formula is C26H27N3O5S. The van der Waals surface area contributed by atoms with Crippen molar-refractivity contribution in [2.24, 2.45) is 0 Å². The van der Waals surface area contributed by atoms with Gasteiger partial charge in [0.15, 0.2) is 0 Å². The van der Waals surface area contributed by atoms with E-state index in [4.69, 9.17) is 4.74 Å². The van der Waals surface area contributed by atoms with Gasteiger partial charge in [-0.15, -0.1) is 0 Å². The normalized spacial score (nSPS) is 11.4. The van der Waals surface area contributed by atoms with Crippen molar-refractivity contribution >= 4 is 27.9 Å². The highest BCUT2D eigenvalue weighted by Gasteiger charge is 2.22. The van der Waals surface area contributed by atoms with Gasteiger partial charge in [0, 0.05) is 13.1 Å². The van der Waals surface area contributed by atoms with E-state index >= 15 is 0 Å². The first-order chi connectivity index (χ1) is 16.7. The van der Waals surface area contributed by atoms with Gasteiger partial charge >= 0.3 is 0 Å². The number of hydrogen-bond donors (Lipinski definition) is 2. The van der Waals surface area contributed by atoms with Crippen molar-refractivity contribution in [3.8, 4) is 5.75 Å². The van der Waals surface area contributed by atoms with Gasteiger partial charge in [0.1, 0.15) is 12.4 Å². The van der Waals surface area contributed by atoms with E-state index < -0.39 is 28.4 Å². The molecular weight excluding hydrogens is 466 g/mol. The highest BCUT2D eigenvalue weighted by molar-refractivity contribution is 7.89. The standard InChI is InChI=1S/C26H27N3O5S/c1-20-8-15-24(16-9-20)35(32,33)29(2)18-26(31)28-27-25(30)17-12-21-10-13-23(14-11-21)34-19-22-6-4-3-5-7-22/h3-17H,18-19H2,1-2H3,(H,27,30)(H,28,31)/b17-12+. The van der Waals surface area contributed by atoms with Crippen molar-refractivity contribution in [1.82, 2.24) is 15.2 Å². The number of nitrogens with one attached hydrogen (secondary N) is 2. The Kier molecular flexibility index (Phi) is 8.77. The third kappa shape index (κ3) is 7.80. The van der Waals surface area contributed by atoms with E-state index in [-0.39, 0.29) is 4.90 Å². The largest absolute Gasteiger partial charge is 0.489 e. The van der Waals surface area contributed by atoms with Crippen LogP contribution in [0.25, 0.3) is 6.08 Å².